The summed E-state index contributed by atoms with van der Waals surface area (Å²) in [6.07, 6.45) is 3.21. The fourth-order valence-corrected chi connectivity index (χ4v) is 4.17. The quantitative estimate of drug-likeness (QED) is 0.352. The number of rotatable bonds is 4. The molecule has 1 aliphatic rings. The summed E-state index contributed by atoms with van der Waals surface area (Å²) < 4.78 is 13.4. The predicted octanol–water partition coefficient (Wildman–Crippen LogP) is 6.18. The largest absolute Gasteiger partial charge is 0.457 e. The van der Waals surface area contributed by atoms with E-state index in [2.05, 4.69) is 4.98 Å². The Labute approximate surface area is 202 Å². The van der Waals surface area contributed by atoms with E-state index in [1.165, 1.54) is 0 Å². The molecule has 34 heavy (non-hydrogen) atoms. The normalized spacial score (nSPS) is 14.2. The zero-order valence-corrected chi connectivity index (χ0v) is 20.0. The van der Waals surface area contributed by atoms with Gasteiger partial charge in [-0.15, -0.1) is 0 Å². The Balaban J connectivity index is 1.41. The van der Waals surface area contributed by atoms with Crippen LogP contribution in [0.25, 0.3) is 16.8 Å². The maximum atomic E-state index is 12.4. The van der Waals surface area contributed by atoms with E-state index < -0.39 is 5.60 Å². The second-order valence-corrected chi connectivity index (χ2v) is 9.64. The average Bonchev–Trinajstić information content (AvgIpc) is 3.13. The number of hydrogen-bond donors (Lipinski definition) is 0. The van der Waals surface area contributed by atoms with Crippen LogP contribution >= 0.6 is 11.6 Å². The van der Waals surface area contributed by atoms with Gasteiger partial charge in [-0.2, -0.15) is 0 Å². The van der Waals surface area contributed by atoms with Crippen LogP contribution in [0.3, 0.4) is 0 Å². The standard InChI is InChI=1S/C26H25ClN4O3/c1-26(2,3)34-25(32)30-15-18(16-30)24-29-21(22-23(27)28-13-14-31(22)24)17-9-11-20(12-10-17)33-19-7-5-4-6-8-19/h4-14,18H,15-16H2,1-3H3. The van der Waals surface area contributed by atoms with Crippen LogP contribution in [0.4, 0.5) is 4.79 Å². The van der Waals surface area contributed by atoms with Crippen molar-refractivity contribution < 1.29 is 14.3 Å². The van der Waals surface area contributed by atoms with E-state index >= 15 is 0 Å². The monoisotopic (exact) mass is 476 g/mol. The molecule has 0 N–H and O–H groups in total. The topological polar surface area (TPSA) is 69.0 Å². The zero-order valence-electron chi connectivity index (χ0n) is 19.2. The Kier molecular flexibility index (Phi) is 5.65. The second-order valence-electron chi connectivity index (χ2n) is 9.28. The van der Waals surface area contributed by atoms with Gasteiger partial charge in [-0.3, -0.25) is 4.40 Å². The Morgan fingerprint density at radius 1 is 1.03 bits per heavy atom. The molecule has 8 heteroatoms. The Hall–Kier alpha value is -3.58. The van der Waals surface area contributed by atoms with E-state index in [1.54, 1.807) is 11.1 Å². The molecule has 4 aromatic rings. The second kappa shape index (κ2) is 8.65. The van der Waals surface area contributed by atoms with Crippen LogP contribution in [0.15, 0.2) is 67.0 Å². The van der Waals surface area contributed by atoms with Crippen molar-refractivity contribution in [2.24, 2.45) is 0 Å². The van der Waals surface area contributed by atoms with Crippen molar-refractivity contribution >= 4 is 23.2 Å². The molecule has 1 aliphatic heterocycles. The number of aromatic nitrogens is 3. The summed E-state index contributed by atoms with van der Waals surface area (Å²) in [4.78, 5) is 23.3. The number of carbonyl (C=O) groups is 1. The molecule has 0 unspecified atom stereocenters. The summed E-state index contributed by atoms with van der Waals surface area (Å²) in [5.74, 6) is 2.43. The minimum atomic E-state index is -0.523. The van der Waals surface area contributed by atoms with Crippen molar-refractivity contribution in [3.63, 3.8) is 0 Å². The number of ether oxygens (including phenoxy) is 2. The molecule has 7 nitrogen and oxygen atoms in total. The summed E-state index contributed by atoms with van der Waals surface area (Å²) in [6.45, 7) is 6.67. The number of benzene rings is 2. The molecule has 1 fully saturated rings. The van der Waals surface area contributed by atoms with Crippen LogP contribution in [0.5, 0.6) is 11.5 Å². The van der Waals surface area contributed by atoms with E-state index in [9.17, 15) is 4.79 Å². The van der Waals surface area contributed by atoms with Gasteiger partial charge in [-0.05, 0) is 57.2 Å². The first-order valence-corrected chi connectivity index (χ1v) is 11.5. The highest BCUT2D eigenvalue weighted by molar-refractivity contribution is 6.33. The van der Waals surface area contributed by atoms with E-state index in [0.717, 1.165) is 34.1 Å². The third-order valence-electron chi connectivity index (χ3n) is 5.54. The molecule has 2 aromatic carbocycles. The Morgan fingerprint density at radius 2 is 1.71 bits per heavy atom. The smallest absolute Gasteiger partial charge is 0.410 e. The lowest BCUT2D eigenvalue weighted by Gasteiger charge is -2.39. The molecular formula is C26H25ClN4O3. The van der Waals surface area contributed by atoms with E-state index in [1.807, 2.05) is 86.0 Å². The molecule has 0 bridgehead atoms. The van der Waals surface area contributed by atoms with Gasteiger partial charge in [0.05, 0.1) is 11.6 Å². The highest BCUT2D eigenvalue weighted by Crippen LogP contribution is 2.35. The molecule has 174 valence electrons. The van der Waals surface area contributed by atoms with Crippen LogP contribution in [0, 0.1) is 0 Å². The van der Waals surface area contributed by atoms with Gasteiger partial charge in [0.15, 0.2) is 5.15 Å². The van der Waals surface area contributed by atoms with Crippen molar-refractivity contribution in [1.29, 1.82) is 0 Å². The summed E-state index contributed by atoms with van der Waals surface area (Å²) in [5, 5.41) is 0.379. The molecule has 0 aliphatic carbocycles. The van der Waals surface area contributed by atoms with Crippen molar-refractivity contribution in [2.75, 3.05) is 13.1 Å². The van der Waals surface area contributed by atoms with Crippen LogP contribution in [0.1, 0.15) is 32.5 Å². The molecular weight excluding hydrogens is 452 g/mol. The van der Waals surface area contributed by atoms with Crippen LogP contribution in [-0.4, -0.2) is 44.1 Å². The molecule has 0 spiro atoms. The van der Waals surface area contributed by atoms with Gasteiger partial charge in [-0.25, -0.2) is 14.8 Å². The van der Waals surface area contributed by atoms with Gasteiger partial charge in [0, 0.05) is 31.0 Å². The highest BCUT2D eigenvalue weighted by atomic mass is 35.5. The third-order valence-corrected chi connectivity index (χ3v) is 5.82. The molecule has 1 saturated heterocycles. The van der Waals surface area contributed by atoms with Crippen molar-refractivity contribution in [1.82, 2.24) is 19.3 Å². The van der Waals surface area contributed by atoms with Crippen molar-refractivity contribution in [3.8, 4) is 22.8 Å². The predicted molar refractivity (Wildman–Crippen MR) is 130 cm³/mol. The molecule has 0 radical (unpaired) electrons. The molecule has 0 saturated carbocycles. The first kappa shape index (κ1) is 22.2. The number of amides is 1. The van der Waals surface area contributed by atoms with E-state index in [0.29, 0.717) is 18.2 Å². The minimum absolute atomic E-state index is 0.0768. The lowest BCUT2D eigenvalue weighted by Crippen LogP contribution is -2.50. The van der Waals surface area contributed by atoms with Gasteiger partial charge < -0.3 is 14.4 Å². The number of fused-ring (bicyclic) bond motifs is 1. The lowest BCUT2D eigenvalue weighted by molar-refractivity contribution is 0.00748. The van der Waals surface area contributed by atoms with E-state index in [4.69, 9.17) is 26.1 Å². The van der Waals surface area contributed by atoms with Gasteiger partial charge in [0.2, 0.25) is 0 Å². The van der Waals surface area contributed by atoms with Gasteiger partial charge >= 0.3 is 6.09 Å². The SMILES string of the molecule is CC(C)(C)OC(=O)N1CC(c2nc(-c3ccc(Oc4ccccc4)cc3)c3c(Cl)nccn23)C1. The first-order chi connectivity index (χ1) is 16.3. The summed E-state index contributed by atoms with van der Waals surface area (Å²) in [7, 11) is 0. The number of nitrogens with zero attached hydrogens (tertiary/aromatic N) is 4. The number of hydrogen-bond acceptors (Lipinski definition) is 5. The first-order valence-electron chi connectivity index (χ1n) is 11.1. The minimum Gasteiger partial charge on any atom is -0.457 e. The number of imidazole rings is 1. The van der Waals surface area contributed by atoms with Crippen molar-refractivity contribution in [2.45, 2.75) is 32.3 Å². The maximum Gasteiger partial charge on any atom is 0.410 e. The number of para-hydroxylation sites is 1. The molecule has 2 aromatic heterocycles. The van der Waals surface area contributed by atoms with Crippen molar-refractivity contribution in [3.05, 3.63) is 78.0 Å². The van der Waals surface area contributed by atoms with Gasteiger partial charge in [0.1, 0.15) is 28.4 Å². The fourth-order valence-electron chi connectivity index (χ4n) is 3.94. The van der Waals surface area contributed by atoms with Gasteiger partial charge in [0.25, 0.3) is 0 Å². The lowest BCUT2D eigenvalue weighted by atomic mass is 10.00. The molecule has 5 rings (SSSR count). The maximum absolute atomic E-state index is 12.4. The number of carbonyl (C=O) groups excluding carboxylic acids is 1. The third kappa shape index (κ3) is 4.43. The Bertz CT molecular complexity index is 1320. The van der Waals surface area contributed by atoms with Gasteiger partial charge in [-0.1, -0.05) is 29.8 Å². The fraction of sp³-hybridized carbons (Fsp3) is 0.269. The van der Waals surface area contributed by atoms with E-state index in [-0.39, 0.29) is 12.0 Å². The number of likely N-dealkylation sites (tertiary alicyclic amines) is 1. The average molecular weight is 477 g/mol. The van der Waals surface area contributed by atoms with Crippen LogP contribution in [-0.2, 0) is 4.74 Å². The zero-order chi connectivity index (χ0) is 23.9. The summed E-state index contributed by atoms with van der Waals surface area (Å²) in [5.41, 5.74) is 1.87. The highest BCUT2D eigenvalue weighted by Gasteiger charge is 2.37. The summed E-state index contributed by atoms with van der Waals surface area (Å²) in [6, 6.07) is 17.4. The summed E-state index contributed by atoms with van der Waals surface area (Å²) >= 11 is 6.50. The van der Waals surface area contributed by atoms with Crippen LogP contribution in [0.2, 0.25) is 5.15 Å². The Morgan fingerprint density at radius 3 is 2.38 bits per heavy atom. The molecule has 0 atom stereocenters. The molecule has 1 amide bonds. The number of halogens is 1. The molecule has 3 heterocycles. The van der Waals surface area contributed by atoms with Crippen LogP contribution < -0.4 is 4.74 Å².